The molecule has 1 aromatic carbocycles. The van der Waals surface area contributed by atoms with Crippen LogP contribution >= 0.6 is 0 Å². The lowest BCUT2D eigenvalue weighted by Gasteiger charge is -2.32. The van der Waals surface area contributed by atoms with Crippen LogP contribution in [0.5, 0.6) is 0 Å². The van der Waals surface area contributed by atoms with Crippen LogP contribution in [-0.2, 0) is 0 Å². The van der Waals surface area contributed by atoms with Gasteiger partial charge in [-0.3, -0.25) is 0 Å². The molecule has 0 spiro atoms. The van der Waals surface area contributed by atoms with Gasteiger partial charge < -0.3 is 0 Å². The summed E-state index contributed by atoms with van der Waals surface area (Å²) >= 11 is 0. The molecule has 1 aromatic rings. The molecular weight excluding hydrogens is 304 g/mol. The number of hydrogen-bond donors (Lipinski definition) is 0. The van der Waals surface area contributed by atoms with Gasteiger partial charge in [-0.05, 0) is 61.1 Å². The minimum Gasteiger partial charge on any atom is -0.206 e. The minimum absolute atomic E-state index is 0.242. The zero-order valence-electron chi connectivity index (χ0n) is 13.7. The standard InChI is InChI=1S/C19H24F4/c1-3-4-12(2)13-5-7-14(8-6-13)15-9-10-16(17(20)11-15)18(21)19(22)23/h9-14H,3-8H2,1-2H3. The van der Waals surface area contributed by atoms with Crippen molar-refractivity contribution < 1.29 is 17.6 Å². The van der Waals surface area contributed by atoms with Crippen LogP contribution in [0.25, 0.3) is 5.83 Å². The van der Waals surface area contributed by atoms with E-state index in [9.17, 15) is 17.6 Å². The van der Waals surface area contributed by atoms with Gasteiger partial charge in [0.25, 0.3) is 0 Å². The third-order valence-corrected chi connectivity index (χ3v) is 5.19. The SMILES string of the molecule is CCCC(C)C1CCC(c2ccc(C(F)=C(F)F)c(F)c2)CC1. The van der Waals surface area contributed by atoms with Crippen LogP contribution in [0.15, 0.2) is 24.3 Å². The lowest BCUT2D eigenvalue weighted by Crippen LogP contribution is -2.19. The Kier molecular flexibility index (Phi) is 6.25. The van der Waals surface area contributed by atoms with Crippen molar-refractivity contribution in [2.75, 3.05) is 0 Å². The summed E-state index contributed by atoms with van der Waals surface area (Å²) < 4.78 is 51.6. The average Bonchev–Trinajstić information content (AvgIpc) is 2.54. The summed E-state index contributed by atoms with van der Waals surface area (Å²) in [5, 5.41) is 0. The first-order chi connectivity index (χ1) is 10.9. The molecule has 0 N–H and O–H groups in total. The summed E-state index contributed by atoms with van der Waals surface area (Å²) in [6, 6.07) is 3.94. The second-order valence-electron chi connectivity index (χ2n) is 6.69. The van der Waals surface area contributed by atoms with Crippen LogP contribution < -0.4 is 0 Å². The molecule has 1 aliphatic carbocycles. The largest absolute Gasteiger partial charge is 0.306 e. The first-order valence-corrected chi connectivity index (χ1v) is 8.44. The number of hydrogen-bond acceptors (Lipinski definition) is 0. The van der Waals surface area contributed by atoms with E-state index in [2.05, 4.69) is 13.8 Å². The quantitative estimate of drug-likeness (QED) is 0.507. The lowest BCUT2D eigenvalue weighted by molar-refractivity contribution is 0.234. The van der Waals surface area contributed by atoms with Crippen molar-refractivity contribution in [2.45, 2.75) is 58.3 Å². The first-order valence-electron chi connectivity index (χ1n) is 8.44. The zero-order chi connectivity index (χ0) is 17.0. The predicted molar refractivity (Wildman–Crippen MR) is 85.4 cm³/mol. The van der Waals surface area contributed by atoms with Gasteiger partial charge in [-0.15, -0.1) is 0 Å². The lowest BCUT2D eigenvalue weighted by atomic mass is 9.73. The number of rotatable bonds is 5. The highest BCUT2D eigenvalue weighted by molar-refractivity contribution is 5.60. The van der Waals surface area contributed by atoms with E-state index in [4.69, 9.17) is 0 Å². The Hall–Kier alpha value is -1.32. The Morgan fingerprint density at radius 1 is 1.13 bits per heavy atom. The predicted octanol–water partition coefficient (Wildman–Crippen LogP) is 7.07. The van der Waals surface area contributed by atoms with Gasteiger partial charge in [0, 0.05) is 0 Å². The van der Waals surface area contributed by atoms with Crippen LogP contribution in [0, 0.1) is 17.7 Å². The fourth-order valence-electron chi connectivity index (χ4n) is 3.78. The van der Waals surface area contributed by atoms with Gasteiger partial charge in [-0.1, -0.05) is 32.8 Å². The molecule has 0 aromatic heterocycles. The second-order valence-corrected chi connectivity index (χ2v) is 6.69. The molecule has 128 valence electrons. The summed E-state index contributed by atoms with van der Waals surface area (Å²) in [6.45, 7) is 4.49. The second kappa shape index (κ2) is 7.98. The molecule has 0 nitrogen and oxygen atoms in total. The summed E-state index contributed by atoms with van der Waals surface area (Å²) in [5.74, 6) is -1.01. The first kappa shape index (κ1) is 18.0. The fraction of sp³-hybridized carbons (Fsp3) is 0.579. The van der Waals surface area contributed by atoms with Gasteiger partial charge in [-0.2, -0.15) is 8.78 Å². The minimum atomic E-state index is -2.48. The maximum absolute atomic E-state index is 13.9. The van der Waals surface area contributed by atoms with Crippen LogP contribution in [0.4, 0.5) is 17.6 Å². The molecule has 1 fully saturated rings. The molecule has 0 bridgehead atoms. The van der Waals surface area contributed by atoms with E-state index in [1.807, 2.05) is 0 Å². The van der Waals surface area contributed by atoms with Crippen molar-refractivity contribution in [3.05, 3.63) is 41.2 Å². The Morgan fingerprint density at radius 3 is 2.30 bits per heavy atom. The zero-order valence-corrected chi connectivity index (χ0v) is 13.7. The summed E-state index contributed by atoms with van der Waals surface area (Å²) in [7, 11) is 0. The molecule has 1 aliphatic rings. The summed E-state index contributed by atoms with van der Waals surface area (Å²) in [4.78, 5) is 0. The normalized spacial score (nSPS) is 22.7. The van der Waals surface area contributed by atoms with E-state index in [-0.39, 0.29) is 5.92 Å². The molecule has 4 heteroatoms. The molecule has 0 amide bonds. The molecule has 1 saturated carbocycles. The molecule has 0 saturated heterocycles. The maximum Gasteiger partial charge on any atom is 0.306 e. The fourth-order valence-corrected chi connectivity index (χ4v) is 3.78. The van der Waals surface area contributed by atoms with E-state index in [0.29, 0.717) is 5.92 Å². The van der Waals surface area contributed by atoms with Crippen molar-refractivity contribution in [3.8, 4) is 0 Å². The monoisotopic (exact) mass is 328 g/mol. The van der Waals surface area contributed by atoms with Crippen LogP contribution in [0.1, 0.15) is 69.4 Å². The van der Waals surface area contributed by atoms with Crippen molar-refractivity contribution >= 4 is 5.83 Å². The smallest absolute Gasteiger partial charge is 0.206 e. The molecular formula is C19H24F4. The molecule has 0 aliphatic heterocycles. The number of halogens is 4. The van der Waals surface area contributed by atoms with Crippen molar-refractivity contribution in [1.29, 1.82) is 0 Å². The highest BCUT2D eigenvalue weighted by Gasteiger charge is 2.26. The third kappa shape index (κ3) is 4.36. The van der Waals surface area contributed by atoms with E-state index in [1.165, 1.54) is 18.9 Å². The van der Waals surface area contributed by atoms with Crippen LogP contribution in [-0.4, -0.2) is 0 Å². The van der Waals surface area contributed by atoms with Crippen molar-refractivity contribution in [3.63, 3.8) is 0 Å². The van der Waals surface area contributed by atoms with E-state index >= 15 is 0 Å². The molecule has 1 atom stereocenters. The highest BCUT2D eigenvalue weighted by atomic mass is 19.3. The van der Waals surface area contributed by atoms with E-state index in [1.54, 1.807) is 6.07 Å². The van der Waals surface area contributed by atoms with Gasteiger partial charge in [0.1, 0.15) is 5.82 Å². The Labute approximate surface area is 135 Å². The van der Waals surface area contributed by atoms with E-state index in [0.717, 1.165) is 43.2 Å². The molecule has 1 unspecified atom stereocenters. The number of benzene rings is 1. The third-order valence-electron chi connectivity index (χ3n) is 5.19. The van der Waals surface area contributed by atoms with Gasteiger partial charge in [0.2, 0.25) is 0 Å². The molecule has 0 heterocycles. The Balaban J connectivity index is 2.05. The van der Waals surface area contributed by atoms with Gasteiger partial charge in [0.15, 0.2) is 5.83 Å². The van der Waals surface area contributed by atoms with Crippen molar-refractivity contribution in [2.24, 2.45) is 11.8 Å². The topological polar surface area (TPSA) is 0 Å². The van der Waals surface area contributed by atoms with Crippen molar-refractivity contribution in [1.82, 2.24) is 0 Å². The van der Waals surface area contributed by atoms with Crippen LogP contribution in [0.2, 0.25) is 0 Å². The summed E-state index contributed by atoms with van der Waals surface area (Å²) in [5.41, 5.74) is 0.138. The maximum atomic E-state index is 13.9. The molecule has 0 radical (unpaired) electrons. The van der Waals surface area contributed by atoms with Gasteiger partial charge >= 0.3 is 6.08 Å². The highest BCUT2D eigenvalue weighted by Crippen LogP contribution is 2.40. The van der Waals surface area contributed by atoms with Gasteiger partial charge in [-0.25, -0.2) is 8.78 Å². The molecule has 2 rings (SSSR count). The Morgan fingerprint density at radius 2 is 1.78 bits per heavy atom. The van der Waals surface area contributed by atoms with Crippen LogP contribution in [0.3, 0.4) is 0 Å². The van der Waals surface area contributed by atoms with Gasteiger partial charge in [0.05, 0.1) is 5.56 Å². The van der Waals surface area contributed by atoms with E-state index < -0.39 is 23.3 Å². The Bertz CT molecular complexity index is 552. The average molecular weight is 328 g/mol. The molecule has 23 heavy (non-hydrogen) atoms. The summed E-state index contributed by atoms with van der Waals surface area (Å²) in [6.07, 6.45) is 4.13.